The molecule has 0 radical (unpaired) electrons. The molecule has 1 atom stereocenters. The first-order valence-corrected chi connectivity index (χ1v) is 21.5. The van der Waals surface area contributed by atoms with Crippen LogP contribution in [-0.4, -0.2) is 30.1 Å². The first kappa shape index (κ1) is 23.7. The molecular formula is C19H39BClPSi3. The molecule has 1 rings (SSSR count). The van der Waals surface area contributed by atoms with E-state index >= 15 is 0 Å². The van der Waals surface area contributed by atoms with Crippen LogP contribution >= 0.6 is 19.9 Å². The minimum absolute atomic E-state index is 0.276. The Hall–Kier alpha value is 0.656. The molecule has 0 aromatic heterocycles. The van der Waals surface area contributed by atoms with Crippen LogP contribution in [0.2, 0.25) is 63.1 Å². The molecule has 0 fully saturated rings. The molecule has 0 amide bonds. The zero-order valence-corrected chi connectivity index (χ0v) is 23.4. The highest BCUT2D eigenvalue weighted by atomic mass is 35.5. The largest absolute Gasteiger partial charge is 0.278 e. The van der Waals surface area contributed by atoms with Crippen LogP contribution in [0.3, 0.4) is 0 Å². The smallest absolute Gasteiger partial charge is 0.189 e. The minimum Gasteiger partial charge on any atom is -0.189 e. The van der Waals surface area contributed by atoms with Crippen molar-refractivity contribution in [2.45, 2.75) is 83.9 Å². The molecule has 1 aromatic carbocycles. The van der Waals surface area contributed by atoms with Crippen LogP contribution in [0, 0.1) is 20.8 Å². The number of halogens is 1. The van der Waals surface area contributed by atoms with Crippen LogP contribution in [0.25, 0.3) is 0 Å². The summed E-state index contributed by atoms with van der Waals surface area (Å²) in [7, 11) is -3.70. The molecule has 0 spiro atoms. The maximum Gasteiger partial charge on any atom is 0.278 e. The quantitative estimate of drug-likeness (QED) is 0.337. The van der Waals surface area contributed by atoms with Crippen molar-refractivity contribution in [3.63, 3.8) is 0 Å². The SMILES string of the molecule is Cc1cc(C)c(PB(Cl)C([Si](C)(C)C)([Si](C)(C)C)[Si](C)(C)C)c(C)c1. The van der Waals surface area contributed by atoms with Gasteiger partial charge >= 0.3 is 0 Å². The summed E-state index contributed by atoms with van der Waals surface area (Å²) in [5.41, 5.74) is 4.22. The van der Waals surface area contributed by atoms with Crippen molar-refractivity contribution in [1.82, 2.24) is 0 Å². The highest BCUT2D eigenvalue weighted by molar-refractivity contribution is 7.93. The molecule has 25 heavy (non-hydrogen) atoms. The van der Waals surface area contributed by atoms with E-state index in [-0.39, 0.29) is 5.85 Å². The Morgan fingerprint density at radius 2 is 1.08 bits per heavy atom. The van der Waals surface area contributed by atoms with E-state index in [1.807, 2.05) is 0 Å². The Labute approximate surface area is 167 Å². The summed E-state index contributed by atoms with van der Waals surface area (Å²) in [4.78, 5) is 0. The highest BCUT2D eigenvalue weighted by Crippen LogP contribution is 2.59. The Morgan fingerprint density at radius 1 is 0.760 bits per heavy atom. The summed E-state index contributed by atoms with van der Waals surface area (Å²) >= 11 is 7.49. The Balaban J connectivity index is 3.58. The van der Waals surface area contributed by atoms with Crippen LogP contribution in [0.15, 0.2) is 12.1 Å². The fourth-order valence-electron chi connectivity index (χ4n) is 6.16. The number of rotatable bonds is 6. The van der Waals surface area contributed by atoms with Gasteiger partial charge < -0.3 is 0 Å². The molecule has 0 saturated heterocycles. The van der Waals surface area contributed by atoms with E-state index < -0.39 is 24.2 Å². The van der Waals surface area contributed by atoms with E-state index in [0.29, 0.717) is 12.6 Å². The molecule has 0 nitrogen and oxygen atoms in total. The molecule has 0 bridgehead atoms. The first-order chi connectivity index (χ1) is 11.0. The van der Waals surface area contributed by atoms with Gasteiger partial charge in [-0.1, -0.05) is 76.6 Å². The molecular weight excluding hydrogens is 390 g/mol. The van der Waals surface area contributed by atoms with Crippen LogP contribution in [0.1, 0.15) is 16.7 Å². The molecule has 0 N–H and O–H groups in total. The summed E-state index contributed by atoms with van der Waals surface area (Å²) in [5.74, 6) is 0.276. The lowest BCUT2D eigenvalue weighted by Crippen LogP contribution is -2.70. The van der Waals surface area contributed by atoms with Crippen LogP contribution in [0.4, 0.5) is 0 Å². The van der Waals surface area contributed by atoms with Crippen molar-refractivity contribution >= 4 is 55.3 Å². The predicted molar refractivity (Wildman–Crippen MR) is 133 cm³/mol. The van der Waals surface area contributed by atoms with Gasteiger partial charge in [0.05, 0.1) is 0 Å². The summed E-state index contributed by atoms with van der Waals surface area (Å²) in [5, 5.41) is 1.52. The summed E-state index contributed by atoms with van der Waals surface area (Å²) in [6.45, 7) is 30.0. The van der Waals surface area contributed by atoms with Gasteiger partial charge in [0, 0.05) is 24.2 Å². The van der Waals surface area contributed by atoms with E-state index in [0.717, 1.165) is 0 Å². The lowest BCUT2D eigenvalue weighted by atomic mass is 10.1. The van der Waals surface area contributed by atoms with Gasteiger partial charge in [0.2, 0.25) is 0 Å². The Bertz CT molecular complexity index is 568. The molecule has 0 saturated carbocycles. The average Bonchev–Trinajstić information content (AvgIpc) is 2.28. The van der Waals surface area contributed by atoms with Crippen LogP contribution in [-0.2, 0) is 0 Å². The second kappa shape index (κ2) is 7.58. The fraction of sp³-hybridized carbons (Fsp3) is 0.684. The predicted octanol–water partition coefficient (Wildman–Crippen LogP) is 7.02. The molecule has 0 aliphatic carbocycles. The number of benzene rings is 1. The molecule has 6 heteroatoms. The van der Waals surface area contributed by atoms with Crippen molar-refractivity contribution in [3.05, 3.63) is 28.8 Å². The van der Waals surface area contributed by atoms with Gasteiger partial charge in [0.1, 0.15) is 0 Å². The fourth-order valence-corrected chi connectivity index (χ4v) is 44.3. The topological polar surface area (TPSA) is 0 Å². The zero-order valence-electron chi connectivity index (χ0n) is 18.6. The second-order valence-electron chi connectivity index (χ2n) is 10.8. The van der Waals surface area contributed by atoms with E-state index in [9.17, 15) is 0 Å². The maximum absolute atomic E-state index is 7.49. The minimum atomic E-state index is -1.47. The third-order valence-electron chi connectivity index (χ3n) is 5.88. The van der Waals surface area contributed by atoms with Crippen molar-refractivity contribution in [2.75, 3.05) is 0 Å². The maximum atomic E-state index is 7.49. The molecule has 0 aliphatic rings. The average molecular weight is 429 g/mol. The standard InChI is InChI=1S/C19H39BClPSi3/c1-15-13-16(2)18(17(3)14-15)22-20(21)19(23(4,5)6,24(7,8)9)25(10,11)12/h13-14,22H,1-12H3. The monoisotopic (exact) mass is 428 g/mol. The van der Waals surface area contributed by atoms with Gasteiger partial charge in [0.15, 0.2) is 0 Å². The molecule has 0 aliphatic heterocycles. The lowest BCUT2D eigenvalue weighted by molar-refractivity contribution is 1.24. The number of hydrogen-bond donors (Lipinski definition) is 0. The van der Waals surface area contributed by atoms with Crippen molar-refractivity contribution < 1.29 is 0 Å². The summed E-state index contributed by atoms with van der Waals surface area (Å²) in [6, 6.07) is 4.66. The van der Waals surface area contributed by atoms with Gasteiger partial charge in [-0.2, -0.15) is 11.5 Å². The van der Waals surface area contributed by atoms with Gasteiger partial charge in [-0.15, -0.1) is 8.46 Å². The third kappa shape index (κ3) is 4.40. The van der Waals surface area contributed by atoms with E-state index in [1.54, 1.807) is 0 Å². The summed E-state index contributed by atoms with van der Waals surface area (Å²) in [6.07, 6.45) is 0. The van der Waals surface area contributed by atoms with E-state index in [1.165, 1.54) is 22.0 Å². The third-order valence-corrected chi connectivity index (χ3v) is 31.2. The van der Waals surface area contributed by atoms with Gasteiger partial charge in [0.25, 0.3) is 5.85 Å². The number of aryl methyl sites for hydroxylation is 3. The molecule has 0 heterocycles. The zero-order chi connectivity index (χ0) is 20.0. The summed E-state index contributed by atoms with van der Waals surface area (Å²) < 4.78 is 0.400. The normalized spacial score (nSPS) is 14.4. The molecule has 142 valence electrons. The van der Waals surface area contributed by atoms with Gasteiger partial charge in [-0.3, -0.25) is 0 Å². The first-order valence-electron chi connectivity index (χ1n) is 9.45. The van der Waals surface area contributed by atoms with E-state index in [4.69, 9.17) is 11.5 Å². The Morgan fingerprint density at radius 3 is 1.36 bits per heavy atom. The van der Waals surface area contributed by atoms with Crippen LogP contribution in [0.5, 0.6) is 0 Å². The molecule has 1 unspecified atom stereocenters. The second-order valence-corrected chi connectivity index (χ2v) is 30.4. The highest BCUT2D eigenvalue weighted by Gasteiger charge is 2.64. The lowest BCUT2D eigenvalue weighted by Gasteiger charge is -2.60. The van der Waals surface area contributed by atoms with Crippen molar-refractivity contribution in [1.29, 1.82) is 0 Å². The van der Waals surface area contributed by atoms with E-state index in [2.05, 4.69) is 91.8 Å². The van der Waals surface area contributed by atoms with Crippen molar-refractivity contribution in [3.8, 4) is 0 Å². The molecule has 1 aromatic rings. The van der Waals surface area contributed by atoms with Crippen LogP contribution < -0.4 is 5.30 Å². The van der Waals surface area contributed by atoms with Crippen molar-refractivity contribution in [2.24, 2.45) is 0 Å². The van der Waals surface area contributed by atoms with Gasteiger partial charge in [-0.05, 0) is 41.4 Å². The Kier molecular flexibility index (Phi) is 7.19. The number of hydrogen-bond acceptors (Lipinski definition) is 0. The van der Waals surface area contributed by atoms with Gasteiger partial charge in [-0.25, -0.2) is 0 Å².